The van der Waals surface area contributed by atoms with Gasteiger partial charge in [0.2, 0.25) is 0 Å². The summed E-state index contributed by atoms with van der Waals surface area (Å²) in [5.74, 6) is 0.0810. The molecule has 0 atom stereocenters. The summed E-state index contributed by atoms with van der Waals surface area (Å²) in [7, 11) is 1.71. The molecule has 0 saturated heterocycles. The largest absolute Gasteiger partial charge is 0.303 e. The average molecular weight is 375 g/mol. The van der Waals surface area contributed by atoms with Gasteiger partial charge in [0.15, 0.2) is 5.82 Å². The molecule has 0 saturated carbocycles. The van der Waals surface area contributed by atoms with Crippen molar-refractivity contribution in [3.05, 3.63) is 32.9 Å². The molecule has 2 aromatic rings. The number of halogens is 2. The van der Waals surface area contributed by atoms with Crippen molar-refractivity contribution >= 4 is 43.6 Å². The van der Waals surface area contributed by atoms with Gasteiger partial charge in [-0.3, -0.25) is 9.48 Å². The number of hydrogen-bond donors (Lipinski definition) is 1. The third-order valence-electron chi connectivity index (χ3n) is 2.17. The van der Waals surface area contributed by atoms with Crippen molar-refractivity contribution in [2.45, 2.75) is 6.92 Å². The SMILES string of the molecule is Cc1cc(C(=O)Nc2ncc(Br)nc2Br)n(C)n1. The molecule has 0 bridgehead atoms. The van der Waals surface area contributed by atoms with Crippen LogP contribution >= 0.6 is 31.9 Å². The van der Waals surface area contributed by atoms with E-state index < -0.39 is 0 Å². The fourth-order valence-electron chi connectivity index (χ4n) is 1.43. The third-order valence-corrected chi connectivity index (χ3v) is 3.10. The maximum absolute atomic E-state index is 12.0. The van der Waals surface area contributed by atoms with E-state index >= 15 is 0 Å². The normalized spacial score (nSPS) is 10.4. The Morgan fingerprint density at radius 3 is 2.72 bits per heavy atom. The van der Waals surface area contributed by atoms with E-state index in [1.54, 1.807) is 13.1 Å². The summed E-state index contributed by atoms with van der Waals surface area (Å²) in [6, 6.07) is 1.70. The first-order valence-electron chi connectivity index (χ1n) is 4.97. The molecule has 0 aliphatic rings. The summed E-state index contributed by atoms with van der Waals surface area (Å²) >= 11 is 6.42. The van der Waals surface area contributed by atoms with Crippen molar-refractivity contribution in [3.63, 3.8) is 0 Å². The highest BCUT2D eigenvalue weighted by molar-refractivity contribution is 9.11. The lowest BCUT2D eigenvalue weighted by molar-refractivity contribution is 0.101. The second-order valence-corrected chi connectivity index (χ2v) is 5.14. The van der Waals surface area contributed by atoms with Crippen LogP contribution in [0.15, 0.2) is 21.5 Å². The average Bonchev–Trinajstić information content (AvgIpc) is 2.62. The first-order chi connectivity index (χ1) is 8.47. The summed E-state index contributed by atoms with van der Waals surface area (Å²) in [6.07, 6.45) is 1.51. The quantitative estimate of drug-likeness (QED) is 0.875. The van der Waals surface area contributed by atoms with E-state index in [0.29, 0.717) is 20.7 Å². The third kappa shape index (κ3) is 2.75. The first kappa shape index (κ1) is 13.2. The van der Waals surface area contributed by atoms with E-state index in [0.717, 1.165) is 5.69 Å². The Morgan fingerprint density at radius 1 is 1.44 bits per heavy atom. The molecule has 0 fully saturated rings. The zero-order valence-corrected chi connectivity index (χ0v) is 12.8. The topological polar surface area (TPSA) is 72.7 Å². The maximum atomic E-state index is 12.0. The summed E-state index contributed by atoms with van der Waals surface area (Å²) in [5.41, 5.74) is 1.24. The molecule has 18 heavy (non-hydrogen) atoms. The summed E-state index contributed by atoms with van der Waals surface area (Å²) in [5, 5.41) is 6.78. The number of nitrogens with zero attached hydrogens (tertiary/aromatic N) is 4. The van der Waals surface area contributed by atoms with Gasteiger partial charge in [-0.05, 0) is 44.8 Å². The van der Waals surface area contributed by atoms with Crippen molar-refractivity contribution in [2.75, 3.05) is 5.32 Å². The molecular formula is C10H9Br2N5O. The van der Waals surface area contributed by atoms with Crippen LogP contribution in [0.5, 0.6) is 0 Å². The van der Waals surface area contributed by atoms with Crippen LogP contribution in [0.3, 0.4) is 0 Å². The zero-order chi connectivity index (χ0) is 13.3. The molecule has 0 aromatic carbocycles. The molecule has 0 spiro atoms. The molecule has 1 amide bonds. The van der Waals surface area contributed by atoms with Crippen LogP contribution in [-0.4, -0.2) is 25.7 Å². The summed E-state index contributed by atoms with van der Waals surface area (Å²) < 4.78 is 2.57. The number of amides is 1. The second kappa shape index (κ2) is 5.15. The monoisotopic (exact) mass is 373 g/mol. The van der Waals surface area contributed by atoms with Crippen molar-refractivity contribution in [2.24, 2.45) is 7.05 Å². The van der Waals surface area contributed by atoms with E-state index in [1.165, 1.54) is 10.9 Å². The molecule has 94 valence electrons. The van der Waals surface area contributed by atoms with E-state index in [2.05, 4.69) is 52.2 Å². The van der Waals surface area contributed by atoms with Gasteiger partial charge in [0.05, 0.1) is 11.9 Å². The van der Waals surface area contributed by atoms with Crippen molar-refractivity contribution in [1.29, 1.82) is 0 Å². The van der Waals surface area contributed by atoms with Gasteiger partial charge in [-0.15, -0.1) is 0 Å². The Bertz CT molecular complexity index is 610. The lowest BCUT2D eigenvalue weighted by atomic mass is 10.3. The van der Waals surface area contributed by atoms with E-state index in [1.807, 2.05) is 6.92 Å². The van der Waals surface area contributed by atoms with Gasteiger partial charge in [0.1, 0.15) is 14.9 Å². The Hall–Kier alpha value is -1.28. The Balaban J connectivity index is 2.24. The van der Waals surface area contributed by atoms with Gasteiger partial charge in [0, 0.05) is 7.05 Å². The van der Waals surface area contributed by atoms with Crippen LogP contribution in [0, 0.1) is 6.92 Å². The van der Waals surface area contributed by atoms with Crippen molar-refractivity contribution in [3.8, 4) is 0 Å². The fraction of sp³-hybridized carbons (Fsp3) is 0.200. The van der Waals surface area contributed by atoms with Crippen LogP contribution in [0.25, 0.3) is 0 Å². The summed E-state index contributed by atoms with van der Waals surface area (Å²) in [6.45, 7) is 1.83. The first-order valence-corrected chi connectivity index (χ1v) is 6.56. The zero-order valence-electron chi connectivity index (χ0n) is 9.61. The van der Waals surface area contributed by atoms with Crippen molar-refractivity contribution < 1.29 is 4.79 Å². The number of carbonyl (C=O) groups excluding carboxylic acids is 1. The minimum Gasteiger partial charge on any atom is -0.303 e. The molecule has 1 N–H and O–H groups in total. The van der Waals surface area contributed by atoms with Gasteiger partial charge in [0.25, 0.3) is 5.91 Å². The Labute approximate surface area is 120 Å². The number of rotatable bonds is 2. The molecule has 0 unspecified atom stereocenters. The van der Waals surface area contributed by atoms with Gasteiger partial charge < -0.3 is 5.32 Å². The van der Waals surface area contributed by atoms with Crippen LogP contribution in [0.1, 0.15) is 16.2 Å². The lowest BCUT2D eigenvalue weighted by Gasteiger charge is -2.05. The van der Waals surface area contributed by atoms with Crippen LogP contribution in [0.2, 0.25) is 0 Å². The van der Waals surface area contributed by atoms with E-state index in [-0.39, 0.29) is 5.91 Å². The number of nitrogens with one attached hydrogen (secondary N) is 1. The molecule has 8 heteroatoms. The molecule has 2 aromatic heterocycles. The molecular weight excluding hydrogens is 366 g/mol. The minimum absolute atomic E-state index is 0.282. The van der Waals surface area contributed by atoms with Gasteiger partial charge in [-0.25, -0.2) is 9.97 Å². The molecule has 6 nitrogen and oxygen atoms in total. The number of aromatic nitrogens is 4. The van der Waals surface area contributed by atoms with Gasteiger partial charge >= 0.3 is 0 Å². The molecule has 0 radical (unpaired) electrons. The van der Waals surface area contributed by atoms with Crippen LogP contribution in [0.4, 0.5) is 5.82 Å². The minimum atomic E-state index is -0.282. The molecule has 0 aliphatic heterocycles. The maximum Gasteiger partial charge on any atom is 0.275 e. The van der Waals surface area contributed by atoms with Crippen molar-refractivity contribution in [1.82, 2.24) is 19.7 Å². The molecule has 0 aliphatic carbocycles. The number of aryl methyl sites for hydroxylation is 2. The highest BCUT2D eigenvalue weighted by Gasteiger charge is 2.14. The Kier molecular flexibility index (Phi) is 3.76. The fourth-order valence-corrected chi connectivity index (χ4v) is 2.34. The predicted octanol–water partition coefficient (Wildman–Crippen LogP) is 2.30. The number of carbonyl (C=O) groups is 1. The van der Waals surface area contributed by atoms with Gasteiger partial charge in [-0.1, -0.05) is 0 Å². The number of hydrogen-bond acceptors (Lipinski definition) is 4. The molecule has 2 heterocycles. The Morgan fingerprint density at radius 2 is 2.17 bits per heavy atom. The van der Waals surface area contributed by atoms with E-state index in [4.69, 9.17) is 0 Å². The standard InChI is InChI=1S/C10H9Br2N5O/c1-5-3-6(17(2)16-5)10(18)15-9-8(12)14-7(11)4-13-9/h3-4H,1-2H3,(H,13,15,18). The highest BCUT2D eigenvalue weighted by Crippen LogP contribution is 2.20. The smallest absolute Gasteiger partial charge is 0.275 e. The highest BCUT2D eigenvalue weighted by atomic mass is 79.9. The molecule has 2 rings (SSSR count). The van der Waals surface area contributed by atoms with Crippen LogP contribution < -0.4 is 5.32 Å². The van der Waals surface area contributed by atoms with E-state index in [9.17, 15) is 4.79 Å². The lowest BCUT2D eigenvalue weighted by Crippen LogP contribution is -2.17. The van der Waals surface area contributed by atoms with Gasteiger partial charge in [-0.2, -0.15) is 5.10 Å². The summed E-state index contributed by atoms with van der Waals surface area (Å²) in [4.78, 5) is 20.2. The predicted molar refractivity (Wildman–Crippen MR) is 73.3 cm³/mol. The second-order valence-electron chi connectivity index (χ2n) is 3.58. The van der Waals surface area contributed by atoms with Crippen LogP contribution in [-0.2, 0) is 7.05 Å². The number of anilines is 1.